The predicted molar refractivity (Wildman–Crippen MR) is 59.5 cm³/mol. The molecule has 15 heavy (non-hydrogen) atoms. The quantitative estimate of drug-likeness (QED) is 0.711. The number of hydrogen-bond donors (Lipinski definition) is 2. The van der Waals surface area contributed by atoms with Crippen molar-refractivity contribution in [2.75, 3.05) is 13.1 Å². The largest absolute Gasteiger partial charge is 0.361 e. The fourth-order valence-electron chi connectivity index (χ4n) is 2.14. The molecule has 88 valence electrons. The van der Waals surface area contributed by atoms with Gasteiger partial charge in [-0.25, -0.2) is 0 Å². The molecule has 4 nitrogen and oxygen atoms in total. The molecule has 0 aromatic heterocycles. The fraction of sp³-hybridized carbons (Fsp3) is 0.909. The zero-order valence-electron chi connectivity index (χ0n) is 9.71. The summed E-state index contributed by atoms with van der Waals surface area (Å²) in [5.41, 5.74) is 5.49. The van der Waals surface area contributed by atoms with Crippen molar-refractivity contribution in [3.63, 3.8) is 0 Å². The lowest BCUT2D eigenvalue weighted by molar-refractivity contribution is -0.144. The minimum atomic E-state index is -0.397. The van der Waals surface area contributed by atoms with E-state index < -0.39 is 6.10 Å². The Hall–Kier alpha value is -0.610. The minimum absolute atomic E-state index is 0.0442. The number of likely N-dealkylation sites (N-methyl/N-ethyl adjacent to an activating group) is 1. The third kappa shape index (κ3) is 3.18. The maximum atomic E-state index is 11.5. The molecule has 1 fully saturated rings. The molecule has 3 N–H and O–H groups in total. The molecule has 0 heterocycles. The van der Waals surface area contributed by atoms with Gasteiger partial charge in [-0.2, -0.15) is 0 Å². The molecule has 1 saturated carbocycles. The van der Waals surface area contributed by atoms with Gasteiger partial charge in [-0.15, -0.1) is 0 Å². The molecule has 0 radical (unpaired) electrons. The highest BCUT2D eigenvalue weighted by Crippen LogP contribution is 2.33. The summed E-state index contributed by atoms with van der Waals surface area (Å²) in [6.45, 7) is 4.85. The first-order valence-corrected chi connectivity index (χ1v) is 5.79. The number of amides is 1. The van der Waals surface area contributed by atoms with Crippen LogP contribution in [0, 0.1) is 0 Å². The number of hydrogen-bond acceptors (Lipinski definition) is 3. The third-order valence-electron chi connectivity index (χ3n) is 3.03. The molecular weight excluding hydrogens is 192 g/mol. The molecule has 1 amide bonds. The summed E-state index contributed by atoms with van der Waals surface area (Å²) < 4.78 is 5.83. The van der Waals surface area contributed by atoms with E-state index in [1.54, 1.807) is 6.92 Å². The molecule has 0 aliphatic heterocycles. The zero-order chi connectivity index (χ0) is 11.3. The van der Waals surface area contributed by atoms with Gasteiger partial charge in [0, 0.05) is 13.1 Å². The Balaban J connectivity index is 2.47. The number of nitrogens with one attached hydrogen (secondary N) is 1. The SMILES string of the molecule is CCNC(=O)C(C)OC1(CN)CCCC1. The van der Waals surface area contributed by atoms with E-state index in [9.17, 15) is 4.79 Å². The number of nitrogens with two attached hydrogens (primary N) is 1. The van der Waals surface area contributed by atoms with E-state index in [0.717, 1.165) is 25.7 Å². The van der Waals surface area contributed by atoms with Crippen molar-refractivity contribution in [2.45, 2.75) is 51.2 Å². The Morgan fingerprint density at radius 1 is 1.53 bits per heavy atom. The fourth-order valence-corrected chi connectivity index (χ4v) is 2.14. The number of ether oxygens (including phenoxy) is 1. The summed E-state index contributed by atoms with van der Waals surface area (Å²) in [5, 5.41) is 2.76. The average Bonchev–Trinajstić information content (AvgIpc) is 2.67. The van der Waals surface area contributed by atoms with E-state index in [4.69, 9.17) is 10.5 Å². The lowest BCUT2D eigenvalue weighted by Gasteiger charge is -2.30. The molecule has 1 aliphatic rings. The van der Waals surface area contributed by atoms with Crippen LogP contribution in [0.5, 0.6) is 0 Å². The van der Waals surface area contributed by atoms with E-state index in [1.165, 1.54) is 0 Å². The Labute approximate surface area is 91.5 Å². The van der Waals surface area contributed by atoms with E-state index in [-0.39, 0.29) is 11.5 Å². The number of rotatable bonds is 5. The molecule has 0 saturated heterocycles. The summed E-state index contributed by atoms with van der Waals surface area (Å²) in [4.78, 5) is 11.5. The average molecular weight is 214 g/mol. The Bertz CT molecular complexity index is 213. The lowest BCUT2D eigenvalue weighted by Crippen LogP contribution is -2.45. The second-order valence-electron chi connectivity index (χ2n) is 4.25. The Kier molecular flexibility index (Phi) is 4.54. The van der Waals surface area contributed by atoms with Gasteiger partial charge in [0.15, 0.2) is 0 Å². The van der Waals surface area contributed by atoms with Crippen LogP contribution in [0.15, 0.2) is 0 Å². The van der Waals surface area contributed by atoms with Gasteiger partial charge < -0.3 is 15.8 Å². The Morgan fingerprint density at radius 2 is 2.13 bits per heavy atom. The molecule has 0 spiro atoms. The van der Waals surface area contributed by atoms with Gasteiger partial charge in [-0.1, -0.05) is 12.8 Å². The summed E-state index contributed by atoms with van der Waals surface area (Å²) in [6, 6.07) is 0. The van der Waals surface area contributed by atoms with Gasteiger partial charge in [0.25, 0.3) is 0 Å². The molecule has 0 bridgehead atoms. The lowest BCUT2D eigenvalue weighted by atomic mass is 10.0. The van der Waals surface area contributed by atoms with E-state index in [1.807, 2.05) is 6.92 Å². The smallest absolute Gasteiger partial charge is 0.248 e. The first-order chi connectivity index (χ1) is 7.13. The van der Waals surface area contributed by atoms with Crippen LogP contribution in [0.1, 0.15) is 39.5 Å². The van der Waals surface area contributed by atoms with Crippen molar-refractivity contribution >= 4 is 5.91 Å². The van der Waals surface area contributed by atoms with Crippen molar-refractivity contribution in [3.05, 3.63) is 0 Å². The normalized spacial score (nSPS) is 21.3. The van der Waals surface area contributed by atoms with Gasteiger partial charge in [0.1, 0.15) is 6.10 Å². The summed E-state index contributed by atoms with van der Waals surface area (Å²) in [6.07, 6.45) is 3.87. The van der Waals surface area contributed by atoms with Crippen molar-refractivity contribution in [1.29, 1.82) is 0 Å². The summed E-state index contributed by atoms with van der Waals surface area (Å²) >= 11 is 0. The van der Waals surface area contributed by atoms with Gasteiger partial charge in [-0.3, -0.25) is 4.79 Å². The third-order valence-corrected chi connectivity index (χ3v) is 3.03. The van der Waals surface area contributed by atoms with Gasteiger partial charge in [0.2, 0.25) is 5.91 Å². The highest BCUT2D eigenvalue weighted by Gasteiger charge is 2.36. The highest BCUT2D eigenvalue weighted by atomic mass is 16.5. The monoisotopic (exact) mass is 214 g/mol. The maximum Gasteiger partial charge on any atom is 0.248 e. The molecular formula is C11H22N2O2. The van der Waals surface area contributed by atoms with Gasteiger partial charge in [0.05, 0.1) is 5.60 Å². The molecule has 0 aromatic rings. The molecule has 1 rings (SSSR count). The number of carbonyl (C=O) groups excluding carboxylic acids is 1. The van der Waals surface area contributed by atoms with E-state index >= 15 is 0 Å². The van der Waals surface area contributed by atoms with Crippen LogP contribution in [0.3, 0.4) is 0 Å². The van der Waals surface area contributed by atoms with Crippen molar-refractivity contribution < 1.29 is 9.53 Å². The predicted octanol–water partition coefficient (Wildman–Crippen LogP) is 0.799. The van der Waals surface area contributed by atoms with Crippen LogP contribution in [0.2, 0.25) is 0 Å². The molecule has 1 unspecified atom stereocenters. The Morgan fingerprint density at radius 3 is 2.60 bits per heavy atom. The topological polar surface area (TPSA) is 64.3 Å². The summed E-state index contributed by atoms with van der Waals surface area (Å²) in [7, 11) is 0. The first kappa shape index (κ1) is 12.5. The minimum Gasteiger partial charge on any atom is -0.361 e. The standard InChI is InChI=1S/C11H22N2O2/c1-3-13-10(14)9(2)15-11(8-12)6-4-5-7-11/h9H,3-8,12H2,1-2H3,(H,13,14). The molecule has 1 aliphatic carbocycles. The second kappa shape index (κ2) is 5.47. The second-order valence-corrected chi connectivity index (χ2v) is 4.25. The van der Waals surface area contributed by atoms with Crippen LogP contribution in [0.4, 0.5) is 0 Å². The summed E-state index contributed by atoms with van der Waals surface area (Å²) in [5.74, 6) is -0.0442. The van der Waals surface area contributed by atoms with Crippen molar-refractivity contribution in [3.8, 4) is 0 Å². The van der Waals surface area contributed by atoms with Crippen LogP contribution in [0.25, 0.3) is 0 Å². The van der Waals surface area contributed by atoms with Gasteiger partial charge >= 0.3 is 0 Å². The first-order valence-electron chi connectivity index (χ1n) is 5.79. The van der Waals surface area contributed by atoms with E-state index in [0.29, 0.717) is 13.1 Å². The van der Waals surface area contributed by atoms with Gasteiger partial charge in [-0.05, 0) is 26.7 Å². The van der Waals surface area contributed by atoms with Crippen molar-refractivity contribution in [1.82, 2.24) is 5.32 Å². The van der Waals surface area contributed by atoms with Crippen LogP contribution >= 0.6 is 0 Å². The number of carbonyl (C=O) groups is 1. The maximum absolute atomic E-state index is 11.5. The van der Waals surface area contributed by atoms with Crippen LogP contribution in [-0.2, 0) is 9.53 Å². The molecule has 1 atom stereocenters. The van der Waals surface area contributed by atoms with E-state index in [2.05, 4.69) is 5.32 Å². The highest BCUT2D eigenvalue weighted by molar-refractivity contribution is 5.80. The molecule has 4 heteroatoms. The molecule has 0 aromatic carbocycles. The van der Waals surface area contributed by atoms with Crippen LogP contribution < -0.4 is 11.1 Å². The van der Waals surface area contributed by atoms with Crippen molar-refractivity contribution in [2.24, 2.45) is 5.73 Å². The zero-order valence-corrected chi connectivity index (χ0v) is 9.71. The van der Waals surface area contributed by atoms with Crippen LogP contribution in [-0.4, -0.2) is 30.7 Å².